The average molecular weight is 440 g/mol. The van der Waals surface area contributed by atoms with Gasteiger partial charge in [-0.05, 0) is 42.2 Å². The number of nitrogens with zero attached hydrogens (tertiary/aromatic N) is 3. The number of carbonyl (C=O) groups is 2. The number of ether oxygens (including phenoxy) is 1. The zero-order chi connectivity index (χ0) is 22.7. The second-order valence-electron chi connectivity index (χ2n) is 10.1. The van der Waals surface area contributed by atoms with E-state index < -0.39 is 0 Å². The second kappa shape index (κ2) is 9.65. The van der Waals surface area contributed by atoms with Crippen molar-refractivity contribution >= 4 is 11.8 Å². The molecule has 2 unspecified atom stereocenters. The van der Waals surface area contributed by atoms with Crippen molar-refractivity contribution in [1.82, 2.24) is 14.7 Å². The lowest BCUT2D eigenvalue weighted by Gasteiger charge is -2.57. The Bertz CT molecular complexity index is 843. The lowest BCUT2D eigenvalue weighted by molar-refractivity contribution is -0.135. The highest BCUT2D eigenvalue weighted by Crippen LogP contribution is 2.59. The quantitative estimate of drug-likeness (QED) is 0.585. The lowest BCUT2D eigenvalue weighted by atomic mass is 9.49. The van der Waals surface area contributed by atoms with Gasteiger partial charge < -0.3 is 14.5 Å². The molecule has 1 saturated carbocycles. The van der Waals surface area contributed by atoms with E-state index >= 15 is 0 Å². The van der Waals surface area contributed by atoms with Crippen LogP contribution < -0.4 is 4.74 Å². The smallest absolute Gasteiger partial charge is 0.260 e. The van der Waals surface area contributed by atoms with E-state index in [-0.39, 0.29) is 18.4 Å². The Balaban J connectivity index is 1.20. The largest absolute Gasteiger partial charge is 0.484 e. The molecule has 6 nitrogen and oxygen atoms in total. The summed E-state index contributed by atoms with van der Waals surface area (Å²) in [4.78, 5) is 31.0. The molecule has 32 heavy (non-hydrogen) atoms. The van der Waals surface area contributed by atoms with Crippen LogP contribution in [0.25, 0.3) is 0 Å². The Morgan fingerprint density at radius 3 is 2.47 bits per heavy atom. The maximum atomic E-state index is 12.5. The van der Waals surface area contributed by atoms with E-state index in [0.29, 0.717) is 24.4 Å². The summed E-state index contributed by atoms with van der Waals surface area (Å²) in [5.41, 5.74) is 1.85. The Hall–Kier alpha value is -2.34. The molecule has 2 fully saturated rings. The van der Waals surface area contributed by atoms with Gasteiger partial charge in [0.1, 0.15) is 5.75 Å². The molecule has 1 aromatic carbocycles. The van der Waals surface area contributed by atoms with Gasteiger partial charge in [0.25, 0.3) is 5.91 Å². The van der Waals surface area contributed by atoms with Gasteiger partial charge in [0.15, 0.2) is 6.61 Å². The molecule has 1 aromatic rings. The summed E-state index contributed by atoms with van der Waals surface area (Å²) in [6, 6.07) is 9.45. The van der Waals surface area contributed by atoms with Gasteiger partial charge in [-0.15, -0.1) is 0 Å². The molecule has 1 aliphatic heterocycles. The molecule has 4 aliphatic rings. The van der Waals surface area contributed by atoms with E-state index in [1.807, 2.05) is 40.1 Å². The van der Waals surface area contributed by atoms with E-state index in [0.717, 1.165) is 50.8 Å². The van der Waals surface area contributed by atoms with Gasteiger partial charge in [0, 0.05) is 52.7 Å². The summed E-state index contributed by atoms with van der Waals surface area (Å²) in [5.74, 6) is 2.36. The zero-order valence-corrected chi connectivity index (χ0v) is 19.8. The zero-order valence-electron chi connectivity index (χ0n) is 19.8. The van der Waals surface area contributed by atoms with Gasteiger partial charge in [-0.25, -0.2) is 0 Å². The summed E-state index contributed by atoms with van der Waals surface area (Å²) in [6.07, 6.45) is 4.84. The minimum Gasteiger partial charge on any atom is -0.484 e. The molecule has 0 N–H and O–H groups in total. The minimum atomic E-state index is 0.0320. The number of hydrogen-bond donors (Lipinski definition) is 0. The molecule has 0 spiro atoms. The number of hydrogen-bond acceptors (Lipinski definition) is 4. The van der Waals surface area contributed by atoms with Crippen molar-refractivity contribution in [2.45, 2.75) is 33.6 Å². The molecular weight excluding hydrogens is 402 g/mol. The lowest BCUT2D eigenvalue weighted by Crippen LogP contribution is -2.52. The number of fused-ring (bicyclic) bond motifs is 1. The average Bonchev–Trinajstić information content (AvgIpc) is 2.81. The van der Waals surface area contributed by atoms with Crippen LogP contribution in [0.15, 0.2) is 42.0 Å². The van der Waals surface area contributed by atoms with E-state index in [4.69, 9.17) is 4.74 Å². The van der Waals surface area contributed by atoms with Gasteiger partial charge in [-0.1, -0.05) is 43.7 Å². The van der Waals surface area contributed by atoms with Crippen LogP contribution in [-0.2, 0) is 9.59 Å². The van der Waals surface area contributed by atoms with Crippen molar-refractivity contribution < 1.29 is 14.3 Å². The summed E-state index contributed by atoms with van der Waals surface area (Å²) >= 11 is 0. The fourth-order valence-corrected chi connectivity index (χ4v) is 5.46. The summed E-state index contributed by atoms with van der Waals surface area (Å²) < 4.78 is 5.60. The Morgan fingerprint density at radius 2 is 1.84 bits per heavy atom. The maximum absolute atomic E-state index is 12.5. The van der Waals surface area contributed by atoms with Gasteiger partial charge >= 0.3 is 0 Å². The normalized spacial score (nSPS) is 24.3. The van der Waals surface area contributed by atoms with Gasteiger partial charge in [-0.2, -0.15) is 0 Å². The summed E-state index contributed by atoms with van der Waals surface area (Å²) in [6.45, 7) is 12.0. The third-order valence-corrected chi connectivity index (χ3v) is 7.92. The Morgan fingerprint density at radius 1 is 1.12 bits per heavy atom. The molecule has 2 atom stereocenters. The highest BCUT2D eigenvalue weighted by atomic mass is 16.5. The molecule has 0 radical (unpaired) electrons. The van der Waals surface area contributed by atoms with Crippen molar-refractivity contribution in [3.63, 3.8) is 0 Å². The van der Waals surface area contributed by atoms with Crippen LogP contribution in [0, 0.1) is 17.3 Å². The molecule has 6 heteroatoms. The molecule has 2 amide bonds. The third-order valence-electron chi connectivity index (χ3n) is 7.92. The van der Waals surface area contributed by atoms with Crippen LogP contribution >= 0.6 is 0 Å². The molecule has 3 aliphatic carbocycles. The van der Waals surface area contributed by atoms with Crippen molar-refractivity contribution in [3.8, 4) is 5.75 Å². The first-order valence-electron chi connectivity index (χ1n) is 12.0. The molecule has 1 heterocycles. The van der Waals surface area contributed by atoms with Crippen LogP contribution in [0.4, 0.5) is 0 Å². The highest BCUT2D eigenvalue weighted by Gasteiger charge is 2.51. The van der Waals surface area contributed by atoms with Gasteiger partial charge in [0.05, 0.1) is 0 Å². The fourth-order valence-electron chi connectivity index (χ4n) is 5.46. The second-order valence-corrected chi connectivity index (χ2v) is 10.1. The van der Waals surface area contributed by atoms with E-state index in [1.54, 1.807) is 6.92 Å². The monoisotopic (exact) mass is 439 g/mol. The van der Waals surface area contributed by atoms with Gasteiger partial charge in [0.2, 0.25) is 5.91 Å². The molecular formula is C26H37N3O3. The fraction of sp³-hybridized carbons (Fsp3) is 0.615. The third kappa shape index (κ3) is 5.01. The first-order chi connectivity index (χ1) is 15.3. The van der Waals surface area contributed by atoms with Crippen LogP contribution in [-0.4, -0.2) is 78.9 Å². The molecule has 2 bridgehead atoms. The molecule has 1 saturated heterocycles. The predicted molar refractivity (Wildman–Crippen MR) is 125 cm³/mol. The van der Waals surface area contributed by atoms with E-state index in [9.17, 15) is 9.59 Å². The number of rotatable bonds is 8. The Labute approximate surface area is 192 Å². The number of carbonyl (C=O) groups excluding carboxylic acids is 2. The van der Waals surface area contributed by atoms with Crippen LogP contribution in [0.1, 0.15) is 33.6 Å². The molecule has 0 aromatic heterocycles. The topological polar surface area (TPSA) is 53.1 Å². The summed E-state index contributed by atoms with van der Waals surface area (Å²) in [5, 5.41) is 0. The number of piperazine rings is 1. The van der Waals surface area contributed by atoms with E-state index in [2.05, 4.69) is 24.8 Å². The minimum absolute atomic E-state index is 0.0320. The Kier molecular flexibility index (Phi) is 6.89. The number of benzene rings is 1. The molecule has 5 rings (SSSR count). The van der Waals surface area contributed by atoms with Gasteiger partial charge in [-0.3, -0.25) is 14.5 Å². The SMILES string of the molecule is CC(=O)N(CCN1CCN(C(=O)COc2ccccc2)CC1)CC1=CCC2CC1C2(C)C. The van der Waals surface area contributed by atoms with Crippen LogP contribution in [0.3, 0.4) is 0 Å². The number of allylic oxidation sites excluding steroid dienone is 1. The van der Waals surface area contributed by atoms with Crippen molar-refractivity contribution in [1.29, 1.82) is 0 Å². The number of amides is 2. The van der Waals surface area contributed by atoms with Crippen LogP contribution in [0.2, 0.25) is 0 Å². The summed E-state index contributed by atoms with van der Waals surface area (Å²) in [7, 11) is 0. The van der Waals surface area contributed by atoms with Crippen molar-refractivity contribution in [3.05, 3.63) is 42.0 Å². The van der Waals surface area contributed by atoms with Crippen LogP contribution in [0.5, 0.6) is 5.75 Å². The standard InChI is InChI=1S/C26H37N3O3/c1-20(30)29(18-21-9-10-22-17-24(21)26(22,2)3)16-13-27-11-14-28(15-12-27)25(31)19-32-23-7-5-4-6-8-23/h4-9,22,24H,10-19H2,1-3H3. The maximum Gasteiger partial charge on any atom is 0.260 e. The van der Waals surface area contributed by atoms with Crippen molar-refractivity contribution in [2.75, 3.05) is 52.4 Å². The predicted octanol–water partition coefficient (Wildman–Crippen LogP) is 3.05. The highest BCUT2D eigenvalue weighted by molar-refractivity contribution is 5.78. The first kappa shape index (κ1) is 22.8. The van der Waals surface area contributed by atoms with Crippen molar-refractivity contribution in [2.24, 2.45) is 17.3 Å². The first-order valence-corrected chi connectivity index (χ1v) is 12.0. The molecule has 174 valence electrons. The number of para-hydroxylation sites is 1. The van der Waals surface area contributed by atoms with E-state index in [1.165, 1.54) is 12.0 Å².